The number of aromatic carboxylic acids is 1. The van der Waals surface area contributed by atoms with Crippen molar-refractivity contribution in [3.8, 4) is 0 Å². The van der Waals surface area contributed by atoms with Gasteiger partial charge in [0.25, 0.3) is 0 Å². The lowest BCUT2D eigenvalue weighted by atomic mass is 9.81. The van der Waals surface area contributed by atoms with Crippen molar-refractivity contribution in [3.05, 3.63) is 65.2 Å². The van der Waals surface area contributed by atoms with E-state index in [-0.39, 0.29) is 11.5 Å². The second-order valence-electron chi connectivity index (χ2n) is 8.25. The normalized spacial score (nSPS) is 19.8. The first-order valence-corrected chi connectivity index (χ1v) is 10.6. The van der Waals surface area contributed by atoms with E-state index in [1.807, 2.05) is 25.1 Å². The molecule has 2 heterocycles. The molecular weight excluding hydrogens is 396 g/mol. The van der Waals surface area contributed by atoms with Crippen LogP contribution in [0.1, 0.15) is 53.1 Å². The Morgan fingerprint density at radius 3 is 2.23 bits per heavy atom. The summed E-state index contributed by atoms with van der Waals surface area (Å²) in [5.41, 5.74) is 8.82. The molecule has 7 nitrogen and oxygen atoms in total. The highest BCUT2D eigenvalue weighted by atomic mass is 16.7. The summed E-state index contributed by atoms with van der Waals surface area (Å²) in [5, 5.41) is 9.15. The molecule has 1 amide bonds. The summed E-state index contributed by atoms with van der Waals surface area (Å²) in [6, 6.07) is 14.5. The van der Waals surface area contributed by atoms with Crippen LogP contribution >= 0.6 is 0 Å². The molecule has 0 bridgehead atoms. The Balaban J connectivity index is 1.59. The standard InChI is InChI=1S/C24H28N2O5/c1-16(21(22(25)27)17-6-8-18(9-7-17)23(28)29)19-4-2-3-5-20(19)26-12-10-24(11-13-26)30-14-15-31-24/h2-9,16,21H,10-15H2,1H3,(H2,25,27)(H,28,29). The van der Waals surface area contributed by atoms with Crippen LogP contribution in [0, 0.1) is 0 Å². The van der Waals surface area contributed by atoms with E-state index in [9.17, 15) is 9.59 Å². The smallest absolute Gasteiger partial charge is 0.335 e. The summed E-state index contributed by atoms with van der Waals surface area (Å²) < 4.78 is 11.7. The van der Waals surface area contributed by atoms with E-state index in [2.05, 4.69) is 11.0 Å². The Morgan fingerprint density at radius 1 is 1.03 bits per heavy atom. The van der Waals surface area contributed by atoms with Gasteiger partial charge in [0.1, 0.15) is 0 Å². The molecule has 3 N–H and O–H groups in total. The Hall–Kier alpha value is -2.90. The number of rotatable bonds is 6. The highest BCUT2D eigenvalue weighted by molar-refractivity contribution is 5.88. The molecule has 2 unspecified atom stereocenters. The van der Waals surface area contributed by atoms with Gasteiger partial charge in [-0.3, -0.25) is 4.79 Å². The SMILES string of the molecule is CC(c1ccccc1N1CCC2(CC1)OCCO2)C(C(N)=O)c1ccc(C(=O)O)cc1. The predicted octanol–water partition coefficient (Wildman–Crippen LogP) is 3.10. The fourth-order valence-corrected chi connectivity index (χ4v) is 4.75. The van der Waals surface area contributed by atoms with Gasteiger partial charge in [0.05, 0.1) is 24.7 Å². The van der Waals surface area contributed by atoms with E-state index < -0.39 is 23.6 Å². The van der Waals surface area contributed by atoms with Crippen LogP contribution in [-0.2, 0) is 14.3 Å². The lowest BCUT2D eigenvalue weighted by Crippen LogP contribution is -2.45. The molecule has 2 saturated heterocycles. The minimum absolute atomic E-state index is 0.179. The van der Waals surface area contributed by atoms with E-state index in [4.69, 9.17) is 20.3 Å². The van der Waals surface area contributed by atoms with Crippen LogP contribution in [0.3, 0.4) is 0 Å². The van der Waals surface area contributed by atoms with E-state index in [1.54, 1.807) is 12.1 Å². The van der Waals surface area contributed by atoms with Crippen molar-refractivity contribution in [2.24, 2.45) is 5.73 Å². The van der Waals surface area contributed by atoms with Gasteiger partial charge in [-0.1, -0.05) is 37.3 Å². The molecule has 0 aromatic heterocycles. The summed E-state index contributed by atoms with van der Waals surface area (Å²) in [6.07, 6.45) is 1.59. The molecule has 0 saturated carbocycles. The first-order chi connectivity index (χ1) is 14.9. The lowest BCUT2D eigenvalue weighted by molar-refractivity contribution is -0.169. The number of carbonyl (C=O) groups excluding carboxylic acids is 1. The third-order valence-electron chi connectivity index (χ3n) is 6.43. The fourth-order valence-electron chi connectivity index (χ4n) is 4.75. The van der Waals surface area contributed by atoms with Gasteiger partial charge in [-0.05, 0) is 35.2 Å². The molecule has 31 heavy (non-hydrogen) atoms. The molecule has 4 rings (SSSR count). The zero-order valence-electron chi connectivity index (χ0n) is 17.6. The Kier molecular flexibility index (Phi) is 5.98. The van der Waals surface area contributed by atoms with E-state index in [0.29, 0.717) is 18.8 Å². The van der Waals surface area contributed by atoms with Crippen LogP contribution in [0.2, 0.25) is 0 Å². The molecule has 164 valence electrons. The number of hydrogen-bond acceptors (Lipinski definition) is 5. The molecule has 2 aromatic rings. The second kappa shape index (κ2) is 8.69. The number of hydrogen-bond donors (Lipinski definition) is 2. The molecule has 0 aliphatic carbocycles. The number of amides is 1. The number of benzene rings is 2. The number of carbonyl (C=O) groups is 2. The maximum atomic E-state index is 12.5. The molecular formula is C24H28N2O5. The zero-order valence-corrected chi connectivity index (χ0v) is 17.6. The molecule has 2 aromatic carbocycles. The van der Waals surface area contributed by atoms with Crippen LogP contribution in [0.5, 0.6) is 0 Å². The van der Waals surface area contributed by atoms with Crippen LogP contribution in [0.4, 0.5) is 5.69 Å². The number of ether oxygens (including phenoxy) is 2. The lowest BCUT2D eigenvalue weighted by Gasteiger charge is -2.40. The molecule has 7 heteroatoms. The van der Waals surface area contributed by atoms with E-state index in [0.717, 1.165) is 37.2 Å². The Morgan fingerprint density at radius 2 is 1.65 bits per heavy atom. The van der Waals surface area contributed by atoms with Crippen LogP contribution in [0.25, 0.3) is 0 Å². The molecule has 2 fully saturated rings. The van der Waals surface area contributed by atoms with Crippen molar-refractivity contribution >= 4 is 17.6 Å². The van der Waals surface area contributed by atoms with Gasteiger partial charge in [0, 0.05) is 31.6 Å². The molecule has 1 spiro atoms. The fraction of sp³-hybridized carbons (Fsp3) is 0.417. The topological polar surface area (TPSA) is 102 Å². The first kappa shape index (κ1) is 21.3. The number of nitrogens with zero attached hydrogens (tertiary/aromatic N) is 1. The summed E-state index contributed by atoms with van der Waals surface area (Å²) >= 11 is 0. The maximum Gasteiger partial charge on any atom is 0.335 e. The molecule has 2 aliphatic rings. The quantitative estimate of drug-likeness (QED) is 0.739. The number of piperidine rings is 1. The van der Waals surface area contributed by atoms with Crippen LogP contribution < -0.4 is 10.6 Å². The number of para-hydroxylation sites is 1. The molecule has 0 radical (unpaired) electrons. The largest absolute Gasteiger partial charge is 0.478 e. The number of nitrogens with two attached hydrogens (primary N) is 1. The van der Waals surface area contributed by atoms with Crippen LogP contribution in [-0.4, -0.2) is 49.1 Å². The van der Waals surface area contributed by atoms with Crippen molar-refractivity contribution in [2.75, 3.05) is 31.2 Å². The van der Waals surface area contributed by atoms with Gasteiger partial charge < -0.3 is 25.2 Å². The van der Waals surface area contributed by atoms with Crippen molar-refractivity contribution in [1.29, 1.82) is 0 Å². The average molecular weight is 424 g/mol. The van der Waals surface area contributed by atoms with Crippen molar-refractivity contribution in [2.45, 2.75) is 37.4 Å². The van der Waals surface area contributed by atoms with Crippen molar-refractivity contribution in [3.63, 3.8) is 0 Å². The third kappa shape index (κ3) is 4.29. The number of anilines is 1. The zero-order chi connectivity index (χ0) is 22.0. The molecule has 2 atom stereocenters. The monoisotopic (exact) mass is 424 g/mol. The van der Waals surface area contributed by atoms with Gasteiger partial charge >= 0.3 is 5.97 Å². The third-order valence-corrected chi connectivity index (χ3v) is 6.43. The van der Waals surface area contributed by atoms with Gasteiger partial charge in [0.15, 0.2) is 5.79 Å². The highest BCUT2D eigenvalue weighted by Gasteiger charge is 2.40. The summed E-state index contributed by atoms with van der Waals surface area (Å²) in [7, 11) is 0. The number of carboxylic acids is 1. The van der Waals surface area contributed by atoms with Gasteiger partial charge in [-0.25, -0.2) is 4.79 Å². The van der Waals surface area contributed by atoms with Crippen molar-refractivity contribution in [1.82, 2.24) is 0 Å². The van der Waals surface area contributed by atoms with Crippen molar-refractivity contribution < 1.29 is 24.2 Å². The number of primary amides is 1. The average Bonchev–Trinajstić information content (AvgIpc) is 3.22. The summed E-state index contributed by atoms with van der Waals surface area (Å²) in [4.78, 5) is 25.9. The highest BCUT2D eigenvalue weighted by Crippen LogP contribution is 2.40. The predicted molar refractivity (Wildman–Crippen MR) is 116 cm³/mol. The minimum Gasteiger partial charge on any atom is -0.478 e. The number of carboxylic acid groups (broad SMARTS) is 1. The second-order valence-corrected chi connectivity index (χ2v) is 8.25. The first-order valence-electron chi connectivity index (χ1n) is 10.6. The summed E-state index contributed by atoms with van der Waals surface area (Å²) in [6.45, 7) is 4.90. The van der Waals surface area contributed by atoms with Gasteiger partial charge in [-0.2, -0.15) is 0 Å². The Bertz CT molecular complexity index is 943. The Labute approximate surface area is 181 Å². The minimum atomic E-state index is -1.00. The van der Waals surface area contributed by atoms with Gasteiger partial charge in [-0.15, -0.1) is 0 Å². The summed E-state index contributed by atoms with van der Waals surface area (Å²) in [5.74, 6) is -2.63. The van der Waals surface area contributed by atoms with E-state index >= 15 is 0 Å². The molecule has 2 aliphatic heterocycles. The maximum absolute atomic E-state index is 12.5. The van der Waals surface area contributed by atoms with Gasteiger partial charge in [0.2, 0.25) is 5.91 Å². The van der Waals surface area contributed by atoms with E-state index in [1.165, 1.54) is 12.1 Å². The van der Waals surface area contributed by atoms with Crippen LogP contribution in [0.15, 0.2) is 48.5 Å².